The van der Waals surface area contributed by atoms with Gasteiger partial charge in [-0.25, -0.2) is 0 Å². The Morgan fingerprint density at radius 2 is 1.90 bits per heavy atom. The van der Waals surface area contributed by atoms with Crippen LogP contribution >= 0.6 is 11.6 Å². The Morgan fingerprint density at radius 1 is 1.19 bits per heavy atom. The van der Waals surface area contributed by atoms with E-state index in [9.17, 15) is 14.9 Å². The molecule has 2 aromatic carbocycles. The van der Waals surface area contributed by atoms with E-state index in [2.05, 4.69) is 10.2 Å². The quantitative estimate of drug-likeness (QED) is 0.488. The molecule has 0 radical (unpaired) electrons. The molecule has 1 amide bonds. The maximum atomic E-state index is 12.8. The number of carbonyl (C=O) groups excluding carboxylic acids is 1. The summed E-state index contributed by atoms with van der Waals surface area (Å²) >= 11 is 5.85. The summed E-state index contributed by atoms with van der Waals surface area (Å²) in [5.74, 6) is 0.646. The van der Waals surface area contributed by atoms with Gasteiger partial charge in [0.25, 0.3) is 11.6 Å². The molecule has 10 heteroatoms. The first-order valence-corrected chi connectivity index (χ1v) is 10.1. The van der Waals surface area contributed by atoms with Crippen molar-refractivity contribution in [1.29, 1.82) is 0 Å². The number of hydrogen-bond donors (Lipinski definition) is 1. The topological polar surface area (TPSA) is 103 Å². The fraction of sp³-hybridized carbons (Fsp3) is 0.381. The van der Waals surface area contributed by atoms with Crippen LogP contribution in [0.3, 0.4) is 0 Å². The molecule has 2 aromatic rings. The summed E-state index contributed by atoms with van der Waals surface area (Å²) in [6, 6.07) is 9.40. The number of carbonyl (C=O) groups is 1. The van der Waals surface area contributed by atoms with Crippen LogP contribution in [-0.4, -0.2) is 62.8 Å². The third-order valence-corrected chi connectivity index (χ3v) is 5.37. The molecule has 1 unspecified atom stereocenters. The normalized spacial score (nSPS) is 15.2. The van der Waals surface area contributed by atoms with Crippen LogP contribution in [0.25, 0.3) is 0 Å². The van der Waals surface area contributed by atoms with Crippen molar-refractivity contribution in [2.45, 2.75) is 6.04 Å². The Morgan fingerprint density at radius 3 is 2.55 bits per heavy atom. The lowest BCUT2D eigenvalue weighted by Gasteiger charge is -2.35. The summed E-state index contributed by atoms with van der Waals surface area (Å²) in [6.07, 6.45) is 0. The number of ether oxygens (including phenoxy) is 3. The number of nitro benzene ring substituents is 1. The second kappa shape index (κ2) is 10.4. The average Bonchev–Trinajstić information content (AvgIpc) is 2.79. The Balaban J connectivity index is 1.85. The number of morpholine rings is 1. The minimum atomic E-state index is -0.616. The zero-order valence-electron chi connectivity index (χ0n) is 17.3. The minimum absolute atomic E-state index is 0.0394. The van der Waals surface area contributed by atoms with Crippen LogP contribution in [0.15, 0.2) is 36.4 Å². The molecule has 1 saturated heterocycles. The second-order valence-electron chi connectivity index (χ2n) is 6.91. The van der Waals surface area contributed by atoms with Gasteiger partial charge in [-0.2, -0.15) is 0 Å². The fourth-order valence-corrected chi connectivity index (χ4v) is 3.71. The van der Waals surface area contributed by atoms with Gasteiger partial charge < -0.3 is 19.5 Å². The van der Waals surface area contributed by atoms with Gasteiger partial charge in [0.05, 0.1) is 38.4 Å². The summed E-state index contributed by atoms with van der Waals surface area (Å²) in [6.45, 7) is 2.79. The van der Waals surface area contributed by atoms with E-state index in [4.69, 9.17) is 25.8 Å². The molecule has 1 fully saturated rings. The van der Waals surface area contributed by atoms with Crippen molar-refractivity contribution in [3.8, 4) is 11.5 Å². The van der Waals surface area contributed by atoms with E-state index >= 15 is 0 Å². The van der Waals surface area contributed by atoms with Crippen LogP contribution in [-0.2, 0) is 4.74 Å². The average molecular weight is 450 g/mol. The molecule has 1 aliphatic rings. The summed E-state index contributed by atoms with van der Waals surface area (Å²) in [7, 11) is 3.13. The van der Waals surface area contributed by atoms with Crippen LogP contribution < -0.4 is 14.8 Å². The molecule has 0 bridgehead atoms. The van der Waals surface area contributed by atoms with Crippen LogP contribution in [0.4, 0.5) is 5.69 Å². The highest BCUT2D eigenvalue weighted by molar-refractivity contribution is 6.31. The second-order valence-corrected chi connectivity index (χ2v) is 7.34. The van der Waals surface area contributed by atoms with E-state index in [0.717, 1.165) is 5.56 Å². The smallest absolute Gasteiger partial charge is 0.283 e. The highest BCUT2D eigenvalue weighted by atomic mass is 35.5. The Hall–Kier alpha value is -2.88. The molecule has 0 saturated carbocycles. The maximum Gasteiger partial charge on any atom is 0.283 e. The zero-order valence-corrected chi connectivity index (χ0v) is 18.1. The van der Waals surface area contributed by atoms with Crippen molar-refractivity contribution >= 4 is 23.2 Å². The summed E-state index contributed by atoms with van der Waals surface area (Å²) < 4.78 is 16.2. The zero-order chi connectivity index (χ0) is 22.4. The van der Waals surface area contributed by atoms with Gasteiger partial charge in [0.15, 0.2) is 11.5 Å². The van der Waals surface area contributed by atoms with E-state index in [0.29, 0.717) is 37.8 Å². The van der Waals surface area contributed by atoms with Crippen molar-refractivity contribution < 1.29 is 23.9 Å². The van der Waals surface area contributed by atoms with E-state index in [1.807, 2.05) is 18.2 Å². The van der Waals surface area contributed by atoms with E-state index in [1.165, 1.54) is 18.2 Å². The number of amides is 1. The van der Waals surface area contributed by atoms with Gasteiger partial charge in [-0.15, -0.1) is 0 Å². The number of hydrogen-bond acceptors (Lipinski definition) is 7. The lowest BCUT2D eigenvalue weighted by molar-refractivity contribution is -0.385. The highest BCUT2D eigenvalue weighted by Crippen LogP contribution is 2.32. The summed E-state index contributed by atoms with van der Waals surface area (Å²) in [5, 5.41) is 14.4. The predicted molar refractivity (Wildman–Crippen MR) is 115 cm³/mol. The first kappa shape index (κ1) is 22.8. The number of benzene rings is 2. The Kier molecular flexibility index (Phi) is 7.67. The molecule has 0 aliphatic carbocycles. The third kappa shape index (κ3) is 5.43. The first-order valence-electron chi connectivity index (χ1n) is 9.70. The molecule has 1 heterocycles. The van der Waals surface area contributed by atoms with Gasteiger partial charge >= 0.3 is 0 Å². The molecular weight excluding hydrogens is 426 g/mol. The largest absolute Gasteiger partial charge is 0.493 e. The monoisotopic (exact) mass is 449 g/mol. The molecule has 0 aromatic heterocycles. The van der Waals surface area contributed by atoms with Crippen molar-refractivity contribution in [3.05, 3.63) is 62.7 Å². The van der Waals surface area contributed by atoms with Gasteiger partial charge in [0, 0.05) is 30.7 Å². The standard InChI is InChI=1S/C21H24ClN3O6/c1-29-19-6-3-14(11-20(19)30-2)18(24-7-9-31-10-8-24)13-23-21(26)16-5-4-15(22)12-17(16)25(27)28/h3-6,11-12,18H,7-10,13H2,1-2H3,(H,23,26). The summed E-state index contributed by atoms with van der Waals surface area (Å²) in [5.41, 5.74) is 0.548. The summed E-state index contributed by atoms with van der Waals surface area (Å²) in [4.78, 5) is 25.7. The Bertz CT molecular complexity index is 949. The van der Waals surface area contributed by atoms with E-state index in [1.54, 1.807) is 14.2 Å². The minimum Gasteiger partial charge on any atom is -0.493 e. The van der Waals surface area contributed by atoms with Crippen molar-refractivity contribution in [3.63, 3.8) is 0 Å². The molecule has 9 nitrogen and oxygen atoms in total. The van der Waals surface area contributed by atoms with Gasteiger partial charge in [0.1, 0.15) is 5.56 Å². The van der Waals surface area contributed by atoms with Gasteiger partial charge in [0.2, 0.25) is 0 Å². The lowest BCUT2D eigenvalue weighted by atomic mass is 10.0. The maximum absolute atomic E-state index is 12.8. The molecule has 31 heavy (non-hydrogen) atoms. The molecule has 1 N–H and O–H groups in total. The van der Waals surface area contributed by atoms with Gasteiger partial charge in [-0.05, 0) is 29.8 Å². The fourth-order valence-electron chi connectivity index (χ4n) is 3.54. The molecule has 166 valence electrons. The van der Waals surface area contributed by atoms with Crippen molar-refractivity contribution in [2.75, 3.05) is 47.1 Å². The van der Waals surface area contributed by atoms with Crippen LogP contribution in [0.5, 0.6) is 11.5 Å². The van der Waals surface area contributed by atoms with Crippen LogP contribution in [0.1, 0.15) is 22.0 Å². The van der Waals surface area contributed by atoms with Gasteiger partial charge in [-0.3, -0.25) is 19.8 Å². The number of nitro groups is 1. The Labute approximate surface area is 185 Å². The highest BCUT2D eigenvalue weighted by Gasteiger charge is 2.26. The molecule has 3 rings (SSSR count). The number of rotatable bonds is 8. The lowest BCUT2D eigenvalue weighted by Crippen LogP contribution is -2.43. The van der Waals surface area contributed by atoms with Crippen LogP contribution in [0, 0.1) is 10.1 Å². The number of methoxy groups -OCH3 is 2. The van der Waals surface area contributed by atoms with Gasteiger partial charge in [-0.1, -0.05) is 17.7 Å². The number of halogens is 1. The third-order valence-electron chi connectivity index (χ3n) is 5.14. The van der Waals surface area contributed by atoms with E-state index in [-0.39, 0.29) is 28.9 Å². The SMILES string of the molecule is COc1ccc(C(CNC(=O)c2ccc(Cl)cc2[N+](=O)[O-])N2CCOCC2)cc1OC. The van der Waals surface area contributed by atoms with Crippen molar-refractivity contribution in [1.82, 2.24) is 10.2 Å². The predicted octanol–water partition coefficient (Wildman–Crippen LogP) is 3.07. The molecule has 1 aliphatic heterocycles. The molecule has 0 spiro atoms. The molecule has 1 atom stereocenters. The molecular formula is C21H24ClN3O6. The van der Waals surface area contributed by atoms with Crippen LogP contribution in [0.2, 0.25) is 5.02 Å². The number of nitrogens with zero attached hydrogens (tertiary/aromatic N) is 2. The van der Waals surface area contributed by atoms with E-state index < -0.39 is 10.8 Å². The van der Waals surface area contributed by atoms with Crippen molar-refractivity contribution in [2.24, 2.45) is 0 Å². The number of nitrogens with one attached hydrogen (secondary N) is 1. The first-order chi connectivity index (χ1) is 14.9.